The standard InChI is InChI=1S/C29H29ClF5N9O4/c1-42-19(16-11-44(21-5-28(21,31)32)41-23(16)29(33,34)35)7-37-24(42)26(47)38-12-2-3-13(17(30)4-12)25(46)40-22-14-9-43(10-15(14)22)27(48)39-18-6-36-8-20(18)45/h2-4,7,11,14-15,18,20-22,36,45H,5-6,8-10H2,1H3,(H,38,47)(H,39,48)(H,40,46)/t14-,15+,18-,20-,21?,22+/m1/s1. The monoisotopic (exact) mass is 697 g/mol. The summed E-state index contributed by atoms with van der Waals surface area (Å²) in [6, 6.07) is 1.94. The minimum atomic E-state index is -4.95. The third-order valence-electron chi connectivity index (χ3n) is 9.32. The van der Waals surface area contributed by atoms with Gasteiger partial charge in [0.2, 0.25) is 0 Å². The van der Waals surface area contributed by atoms with Gasteiger partial charge in [-0.25, -0.2) is 18.6 Å². The number of rotatable bonds is 7. The molecule has 4 fully saturated rings. The van der Waals surface area contributed by atoms with Crippen molar-refractivity contribution in [3.05, 3.63) is 52.7 Å². The number of amides is 4. The van der Waals surface area contributed by atoms with Gasteiger partial charge in [0.25, 0.3) is 17.7 Å². The highest BCUT2D eigenvalue weighted by atomic mass is 35.5. The number of likely N-dealkylation sites (tertiary alicyclic amines) is 1. The maximum absolute atomic E-state index is 13.7. The fraction of sp³-hybridized carbons (Fsp3) is 0.483. The number of piperidine rings is 1. The van der Waals surface area contributed by atoms with E-state index in [0.717, 1.165) is 17.0 Å². The Morgan fingerprint density at radius 2 is 1.81 bits per heavy atom. The second kappa shape index (κ2) is 11.4. The number of hydrogen-bond acceptors (Lipinski definition) is 7. The highest BCUT2D eigenvalue weighted by molar-refractivity contribution is 6.34. The second-order valence-electron chi connectivity index (χ2n) is 12.5. The van der Waals surface area contributed by atoms with Crippen LogP contribution in [0.3, 0.4) is 0 Å². The van der Waals surface area contributed by atoms with Crippen molar-refractivity contribution in [3.63, 3.8) is 0 Å². The van der Waals surface area contributed by atoms with Crippen molar-refractivity contribution in [1.82, 2.24) is 40.2 Å². The van der Waals surface area contributed by atoms with Gasteiger partial charge in [0.1, 0.15) is 6.04 Å². The number of fused-ring (bicyclic) bond motifs is 1. The molecule has 3 aromatic rings. The molecule has 19 heteroatoms. The van der Waals surface area contributed by atoms with E-state index in [0.29, 0.717) is 30.9 Å². The summed E-state index contributed by atoms with van der Waals surface area (Å²) < 4.78 is 70.0. The van der Waals surface area contributed by atoms with Crippen molar-refractivity contribution >= 4 is 35.1 Å². The van der Waals surface area contributed by atoms with E-state index in [1.165, 1.54) is 25.2 Å². The number of β-amino-alcohol motifs (C(OH)–C–C–N with tert-alkyl or cyclic N) is 1. The Hall–Kier alpha value is -4.29. The molecule has 2 aromatic heterocycles. The number of carbonyl (C=O) groups is 3. The average Bonchev–Trinajstić information content (AvgIpc) is 3.46. The first-order valence-corrected chi connectivity index (χ1v) is 15.4. The Bertz CT molecular complexity index is 1800. The summed E-state index contributed by atoms with van der Waals surface area (Å²) in [5, 5.41) is 24.6. The number of aliphatic hydroxyl groups excluding tert-OH is 1. The number of aromatic nitrogens is 4. The first-order valence-electron chi connectivity index (χ1n) is 15.0. The maximum Gasteiger partial charge on any atom is 0.435 e. The molecule has 1 unspecified atom stereocenters. The number of benzene rings is 1. The van der Waals surface area contributed by atoms with Gasteiger partial charge < -0.3 is 35.8 Å². The van der Waals surface area contributed by atoms with Gasteiger partial charge in [-0.15, -0.1) is 0 Å². The average molecular weight is 698 g/mol. The summed E-state index contributed by atoms with van der Waals surface area (Å²) in [4.78, 5) is 44.2. The highest BCUT2D eigenvalue weighted by Gasteiger charge is 2.60. The molecular weight excluding hydrogens is 669 g/mol. The van der Waals surface area contributed by atoms with Crippen LogP contribution < -0.4 is 21.3 Å². The first kappa shape index (κ1) is 32.3. The molecular formula is C29H29ClF5N9O4. The summed E-state index contributed by atoms with van der Waals surface area (Å²) in [5.41, 5.74) is -1.72. The van der Waals surface area contributed by atoms with Crippen LogP contribution >= 0.6 is 11.6 Å². The predicted octanol–water partition coefficient (Wildman–Crippen LogP) is 2.49. The number of anilines is 1. The van der Waals surface area contributed by atoms with Crippen molar-refractivity contribution in [1.29, 1.82) is 0 Å². The zero-order valence-electron chi connectivity index (χ0n) is 25.1. The van der Waals surface area contributed by atoms with Crippen LogP contribution in [0.1, 0.15) is 39.1 Å². The van der Waals surface area contributed by atoms with Crippen molar-refractivity contribution < 1.29 is 41.4 Å². The van der Waals surface area contributed by atoms with Crippen LogP contribution in [-0.4, -0.2) is 97.5 Å². The molecule has 48 heavy (non-hydrogen) atoms. The third kappa shape index (κ3) is 5.85. The van der Waals surface area contributed by atoms with Crippen LogP contribution in [0, 0.1) is 11.8 Å². The van der Waals surface area contributed by atoms with Crippen LogP contribution in [0.2, 0.25) is 5.02 Å². The maximum atomic E-state index is 13.7. The molecule has 0 radical (unpaired) electrons. The molecule has 256 valence electrons. The van der Waals surface area contributed by atoms with E-state index in [1.54, 1.807) is 4.90 Å². The summed E-state index contributed by atoms with van der Waals surface area (Å²) >= 11 is 6.38. The Kier molecular flexibility index (Phi) is 7.67. The van der Waals surface area contributed by atoms with Gasteiger partial charge in [0.15, 0.2) is 11.5 Å². The van der Waals surface area contributed by atoms with E-state index in [4.69, 9.17) is 11.6 Å². The molecule has 2 aliphatic carbocycles. The Morgan fingerprint density at radius 1 is 1.10 bits per heavy atom. The van der Waals surface area contributed by atoms with Crippen LogP contribution in [-0.2, 0) is 13.2 Å². The lowest BCUT2D eigenvalue weighted by molar-refractivity contribution is -0.141. The molecule has 2 saturated carbocycles. The zero-order valence-corrected chi connectivity index (χ0v) is 25.8. The van der Waals surface area contributed by atoms with E-state index in [9.17, 15) is 41.4 Å². The molecule has 4 amide bonds. The number of hydrogen-bond donors (Lipinski definition) is 5. The van der Waals surface area contributed by atoms with Gasteiger partial charge in [0, 0.05) is 69.4 Å². The number of aliphatic hydroxyl groups is 1. The molecule has 7 rings (SSSR count). The van der Waals surface area contributed by atoms with Gasteiger partial charge in [-0.05, 0) is 18.2 Å². The van der Waals surface area contributed by atoms with Crippen LogP contribution in [0.25, 0.3) is 11.3 Å². The van der Waals surface area contributed by atoms with Crippen molar-refractivity contribution in [2.45, 2.75) is 42.7 Å². The van der Waals surface area contributed by atoms with E-state index in [2.05, 4.69) is 31.3 Å². The zero-order chi connectivity index (χ0) is 34.3. The number of urea groups is 1. The summed E-state index contributed by atoms with van der Waals surface area (Å²) in [7, 11) is 1.30. The number of nitrogens with one attached hydrogen (secondary N) is 4. The normalized spacial score (nSPS) is 27.0. The quantitative estimate of drug-likeness (QED) is 0.238. The molecule has 2 saturated heterocycles. The van der Waals surface area contributed by atoms with Gasteiger partial charge in [-0.3, -0.25) is 14.3 Å². The summed E-state index contributed by atoms with van der Waals surface area (Å²) in [5.74, 6) is -4.50. The van der Waals surface area contributed by atoms with Crippen LogP contribution in [0.15, 0.2) is 30.6 Å². The van der Waals surface area contributed by atoms with Gasteiger partial charge >= 0.3 is 12.2 Å². The summed E-state index contributed by atoms with van der Waals surface area (Å²) in [6.45, 7) is 1.83. The van der Waals surface area contributed by atoms with E-state index >= 15 is 0 Å². The molecule has 1 aromatic carbocycles. The summed E-state index contributed by atoms with van der Waals surface area (Å²) in [6.07, 6.45) is -4.32. The fourth-order valence-electron chi connectivity index (χ4n) is 6.47. The highest BCUT2D eigenvalue weighted by Crippen LogP contribution is 2.53. The van der Waals surface area contributed by atoms with Crippen LogP contribution in [0.5, 0.6) is 0 Å². The number of carbonyl (C=O) groups excluding carboxylic acids is 3. The smallest absolute Gasteiger partial charge is 0.390 e. The third-order valence-corrected chi connectivity index (χ3v) is 9.63. The molecule has 5 N–H and O–H groups in total. The van der Waals surface area contributed by atoms with Crippen molar-refractivity contribution in [2.24, 2.45) is 18.9 Å². The predicted molar refractivity (Wildman–Crippen MR) is 158 cm³/mol. The minimum Gasteiger partial charge on any atom is -0.390 e. The Morgan fingerprint density at radius 3 is 2.42 bits per heavy atom. The number of alkyl halides is 5. The van der Waals surface area contributed by atoms with E-state index in [-0.39, 0.29) is 57.7 Å². The fourth-order valence-corrected chi connectivity index (χ4v) is 6.73. The van der Waals surface area contributed by atoms with E-state index < -0.39 is 53.7 Å². The molecule has 13 nitrogen and oxygen atoms in total. The molecule has 0 spiro atoms. The number of nitrogens with zero attached hydrogens (tertiary/aromatic N) is 5. The SMILES string of the molecule is Cn1c(-c2cn(C3CC3(F)F)nc2C(F)(F)F)cnc1C(=O)Nc1ccc(C(=O)N[C@H]2[C@@H]3CN(C(=O)N[C@@H]4CNC[C@H]4O)C[C@@H]32)c(Cl)c1. The van der Waals surface area contributed by atoms with Gasteiger partial charge in [-0.2, -0.15) is 18.3 Å². The lowest BCUT2D eigenvalue weighted by Gasteiger charge is -2.24. The largest absolute Gasteiger partial charge is 0.435 e. The minimum absolute atomic E-state index is 0.0282. The Balaban J connectivity index is 0.967. The molecule has 2 aliphatic heterocycles. The van der Waals surface area contributed by atoms with E-state index in [1.807, 2.05) is 0 Å². The molecule has 4 heterocycles. The second-order valence-corrected chi connectivity index (χ2v) is 12.9. The molecule has 6 atom stereocenters. The Labute approximate surface area is 273 Å². The number of halogens is 6. The van der Waals surface area contributed by atoms with Gasteiger partial charge in [0.05, 0.1) is 40.2 Å². The lowest BCUT2D eigenvalue weighted by atomic mass is 10.2. The topological polar surface area (TPSA) is 158 Å². The first-order chi connectivity index (χ1) is 22.6. The van der Waals surface area contributed by atoms with Crippen molar-refractivity contribution in [2.75, 3.05) is 31.5 Å². The van der Waals surface area contributed by atoms with Gasteiger partial charge in [-0.1, -0.05) is 11.6 Å². The number of imidazole rings is 1. The van der Waals surface area contributed by atoms with Crippen molar-refractivity contribution in [3.8, 4) is 11.3 Å². The lowest BCUT2D eigenvalue weighted by Crippen LogP contribution is -2.49. The van der Waals surface area contributed by atoms with Crippen LogP contribution in [0.4, 0.5) is 32.4 Å². The molecule has 0 bridgehead atoms. The molecule has 4 aliphatic rings.